The van der Waals surface area contributed by atoms with Crippen LogP contribution in [0.5, 0.6) is 5.75 Å². The highest BCUT2D eigenvalue weighted by Crippen LogP contribution is 2.37. The van der Waals surface area contributed by atoms with Crippen molar-refractivity contribution in [3.63, 3.8) is 0 Å². The molecule has 0 fully saturated rings. The van der Waals surface area contributed by atoms with Crippen molar-refractivity contribution < 1.29 is 32.2 Å². The normalized spacial score (nSPS) is 10.6. The lowest BCUT2D eigenvalue weighted by molar-refractivity contribution is -0.118. The summed E-state index contributed by atoms with van der Waals surface area (Å²) in [6.07, 6.45) is 0. The number of alkyl halides is 2. The standard InChI is InChI=1S/C16H12Cl2F3N3O4/c1-6(25)23-24-10-5-9(22-13(11(10)18)15(26)27-2)7-3-4-8(17)14(12(7)19)28-16(20)21/h3-5,16H,1-2H3,(H,22,24)(H,23,25). The highest BCUT2D eigenvalue weighted by molar-refractivity contribution is 6.36. The molecule has 12 heteroatoms. The second-order valence-corrected chi connectivity index (χ2v) is 5.92. The fourth-order valence-electron chi connectivity index (χ4n) is 2.07. The average Bonchev–Trinajstić information content (AvgIpc) is 2.63. The van der Waals surface area contributed by atoms with Gasteiger partial charge in [0.25, 0.3) is 0 Å². The number of nitrogens with zero attached hydrogens (tertiary/aromatic N) is 1. The number of methoxy groups -OCH3 is 1. The summed E-state index contributed by atoms with van der Waals surface area (Å²) in [5.74, 6) is -3.55. The van der Waals surface area contributed by atoms with E-state index in [-0.39, 0.29) is 27.0 Å². The summed E-state index contributed by atoms with van der Waals surface area (Å²) >= 11 is 11.8. The monoisotopic (exact) mass is 437 g/mol. The van der Waals surface area contributed by atoms with Crippen LogP contribution in [0.15, 0.2) is 18.2 Å². The molecule has 0 saturated carbocycles. The molecule has 0 spiro atoms. The van der Waals surface area contributed by atoms with Crippen LogP contribution in [0.1, 0.15) is 17.4 Å². The molecule has 28 heavy (non-hydrogen) atoms. The quantitative estimate of drug-likeness (QED) is 0.523. The Labute approximate surface area is 166 Å². The first-order valence-electron chi connectivity index (χ1n) is 7.40. The van der Waals surface area contributed by atoms with Crippen LogP contribution in [0.4, 0.5) is 18.9 Å². The van der Waals surface area contributed by atoms with Gasteiger partial charge in [-0.2, -0.15) is 8.78 Å². The largest absolute Gasteiger partial charge is 0.464 e. The summed E-state index contributed by atoms with van der Waals surface area (Å²) in [5.41, 5.74) is 3.75. The van der Waals surface area contributed by atoms with Crippen molar-refractivity contribution in [1.29, 1.82) is 0 Å². The second-order valence-electron chi connectivity index (χ2n) is 5.13. The molecular weight excluding hydrogens is 426 g/mol. The third-order valence-electron chi connectivity index (χ3n) is 3.24. The summed E-state index contributed by atoms with van der Waals surface area (Å²) in [4.78, 5) is 27.0. The van der Waals surface area contributed by atoms with Gasteiger partial charge in [0.2, 0.25) is 5.91 Å². The minimum atomic E-state index is -3.32. The van der Waals surface area contributed by atoms with Crippen molar-refractivity contribution in [2.24, 2.45) is 0 Å². The SMILES string of the molecule is COC(=O)c1nc(-c2ccc(Cl)c(OC(F)F)c2F)cc(NNC(C)=O)c1Cl. The number of nitrogens with one attached hydrogen (secondary N) is 2. The summed E-state index contributed by atoms with van der Waals surface area (Å²) in [5, 5.41) is -0.608. The van der Waals surface area contributed by atoms with Gasteiger partial charge in [-0.3, -0.25) is 15.6 Å². The predicted molar refractivity (Wildman–Crippen MR) is 95.1 cm³/mol. The van der Waals surface area contributed by atoms with E-state index in [9.17, 15) is 22.8 Å². The van der Waals surface area contributed by atoms with E-state index in [1.54, 1.807) is 0 Å². The van der Waals surface area contributed by atoms with Gasteiger partial charge in [0.05, 0.1) is 28.5 Å². The molecule has 0 atom stereocenters. The lowest BCUT2D eigenvalue weighted by Gasteiger charge is -2.15. The number of carbonyl (C=O) groups excluding carboxylic acids is 2. The molecule has 2 rings (SSSR count). The van der Waals surface area contributed by atoms with Crippen LogP contribution >= 0.6 is 23.2 Å². The summed E-state index contributed by atoms with van der Waals surface area (Å²) < 4.78 is 48.5. The fourth-order valence-corrected chi connectivity index (χ4v) is 2.48. The molecule has 0 bridgehead atoms. The number of aromatic nitrogens is 1. The molecule has 7 nitrogen and oxygen atoms in total. The molecule has 2 aromatic rings. The van der Waals surface area contributed by atoms with Gasteiger partial charge in [0.15, 0.2) is 17.3 Å². The Morgan fingerprint density at radius 3 is 2.50 bits per heavy atom. The number of halogens is 5. The molecule has 0 aliphatic heterocycles. The van der Waals surface area contributed by atoms with Crippen molar-refractivity contribution in [1.82, 2.24) is 10.4 Å². The van der Waals surface area contributed by atoms with Gasteiger partial charge in [0, 0.05) is 12.5 Å². The third kappa shape index (κ3) is 4.76. The van der Waals surface area contributed by atoms with Crippen LogP contribution in [-0.4, -0.2) is 30.6 Å². The van der Waals surface area contributed by atoms with E-state index < -0.39 is 35.7 Å². The molecule has 0 unspecified atom stereocenters. The number of hydrazine groups is 1. The summed E-state index contributed by atoms with van der Waals surface area (Å²) in [6, 6.07) is 3.45. The Morgan fingerprint density at radius 1 is 1.25 bits per heavy atom. The number of benzene rings is 1. The number of pyridine rings is 1. The molecular formula is C16H12Cl2F3N3O4. The Kier molecular flexibility index (Phi) is 6.92. The van der Waals surface area contributed by atoms with Crippen molar-refractivity contribution in [3.8, 4) is 17.0 Å². The van der Waals surface area contributed by atoms with Crippen molar-refractivity contribution in [3.05, 3.63) is 39.8 Å². The maximum absolute atomic E-state index is 14.7. The fraction of sp³-hybridized carbons (Fsp3) is 0.188. The molecule has 0 saturated heterocycles. The number of esters is 1. The highest BCUT2D eigenvalue weighted by Gasteiger charge is 2.23. The van der Waals surface area contributed by atoms with E-state index in [1.165, 1.54) is 13.0 Å². The number of amides is 1. The van der Waals surface area contributed by atoms with Crippen molar-refractivity contribution in [2.45, 2.75) is 13.5 Å². The number of ether oxygens (including phenoxy) is 2. The van der Waals surface area contributed by atoms with E-state index >= 15 is 0 Å². The lowest BCUT2D eigenvalue weighted by Crippen LogP contribution is -2.27. The summed E-state index contributed by atoms with van der Waals surface area (Å²) in [6.45, 7) is -2.11. The summed E-state index contributed by atoms with van der Waals surface area (Å²) in [7, 11) is 1.07. The van der Waals surface area contributed by atoms with Gasteiger partial charge >= 0.3 is 12.6 Å². The minimum absolute atomic E-state index is 0.0204. The first-order chi connectivity index (χ1) is 13.1. The molecule has 0 aliphatic carbocycles. The zero-order valence-electron chi connectivity index (χ0n) is 14.3. The van der Waals surface area contributed by atoms with E-state index in [1.807, 2.05) is 0 Å². The average molecular weight is 438 g/mol. The van der Waals surface area contributed by atoms with E-state index in [0.717, 1.165) is 19.2 Å². The van der Waals surface area contributed by atoms with Crippen LogP contribution < -0.4 is 15.6 Å². The van der Waals surface area contributed by atoms with E-state index in [4.69, 9.17) is 23.2 Å². The Bertz CT molecular complexity index is 928. The Balaban J connectivity index is 2.66. The first-order valence-corrected chi connectivity index (χ1v) is 8.16. The lowest BCUT2D eigenvalue weighted by atomic mass is 10.1. The molecule has 1 heterocycles. The number of rotatable bonds is 6. The number of hydrogen-bond donors (Lipinski definition) is 2. The second kappa shape index (κ2) is 8.98. The number of anilines is 1. The molecule has 0 radical (unpaired) electrons. The van der Waals surface area contributed by atoms with Crippen LogP contribution in [0.2, 0.25) is 10.0 Å². The van der Waals surface area contributed by atoms with Crippen molar-refractivity contribution in [2.75, 3.05) is 12.5 Å². The molecule has 1 amide bonds. The van der Waals surface area contributed by atoms with Gasteiger partial charge < -0.3 is 9.47 Å². The van der Waals surface area contributed by atoms with Gasteiger partial charge in [-0.05, 0) is 18.2 Å². The highest BCUT2D eigenvalue weighted by atomic mass is 35.5. The van der Waals surface area contributed by atoms with Gasteiger partial charge in [-0.1, -0.05) is 23.2 Å². The van der Waals surface area contributed by atoms with Crippen LogP contribution in [-0.2, 0) is 9.53 Å². The Hall–Kier alpha value is -2.72. The van der Waals surface area contributed by atoms with Crippen LogP contribution in [0.3, 0.4) is 0 Å². The van der Waals surface area contributed by atoms with Gasteiger partial charge in [-0.15, -0.1) is 0 Å². The van der Waals surface area contributed by atoms with E-state index in [0.29, 0.717) is 0 Å². The van der Waals surface area contributed by atoms with E-state index in [2.05, 4.69) is 25.3 Å². The zero-order chi connectivity index (χ0) is 21.0. The molecule has 1 aromatic carbocycles. The number of carbonyl (C=O) groups is 2. The van der Waals surface area contributed by atoms with Crippen molar-refractivity contribution >= 4 is 40.8 Å². The maximum Gasteiger partial charge on any atom is 0.387 e. The maximum atomic E-state index is 14.7. The molecule has 150 valence electrons. The predicted octanol–water partition coefficient (Wildman–Crippen LogP) is 4.05. The van der Waals surface area contributed by atoms with Gasteiger partial charge in [0.1, 0.15) is 0 Å². The molecule has 0 aliphatic rings. The minimum Gasteiger partial charge on any atom is -0.464 e. The van der Waals surface area contributed by atoms with Gasteiger partial charge in [-0.25, -0.2) is 14.2 Å². The Morgan fingerprint density at radius 2 is 1.93 bits per heavy atom. The number of hydrogen-bond acceptors (Lipinski definition) is 6. The molecule has 1 aromatic heterocycles. The van der Waals surface area contributed by atoms with Crippen LogP contribution in [0, 0.1) is 5.82 Å². The smallest absolute Gasteiger partial charge is 0.387 e. The topological polar surface area (TPSA) is 89.6 Å². The van der Waals surface area contributed by atoms with Crippen LogP contribution in [0.25, 0.3) is 11.3 Å². The zero-order valence-corrected chi connectivity index (χ0v) is 15.8. The third-order valence-corrected chi connectivity index (χ3v) is 3.92. The molecule has 2 N–H and O–H groups in total. The first kappa shape index (κ1) is 21.6.